The number of carbonyl (C=O) groups is 1. The Labute approximate surface area is 126 Å². The van der Waals surface area contributed by atoms with Crippen LogP contribution in [0.3, 0.4) is 0 Å². The highest BCUT2D eigenvalue weighted by molar-refractivity contribution is 6.31. The fourth-order valence-corrected chi connectivity index (χ4v) is 3.33. The maximum atomic E-state index is 12.4. The van der Waals surface area contributed by atoms with Crippen LogP contribution >= 0.6 is 11.6 Å². The van der Waals surface area contributed by atoms with Crippen molar-refractivity contribution >= 4 is 17.4 Å². The van der Waals surface area contributed by atoms with E-state index in [0.717, 1.165) is 24.3 Å². The Kier molecular flexibility index (Phi) is 6.03. The molecule has 110 valence electrons. The Hall–Kier alpha value is -0.890. The Morgan fingerprint density at radius 2 is 2.10 bits per heavy atom. The molecule has 1 fully saturated rings. The van der Waals surface area contributed by atoms with Crippen LogP contribution in [0.2, 0.25) is 5.02 Å². The molecule has 1 saturated carbocycles. The number of pyridine rings is 1. The van der Waals surface area contributed by atoms with Gasteiger partial charge in [0.05, 0.1) is 5.02 Å². The molecule has 2 rings (SSSR count). The summed E-state index contributed by atoms with van der Waals surface area (Å²) in [5.41, 5.74) is 0.916. The van der Waals surface area contributed by atoms with E-state index in [1.807, 2.05) is 6.07 Å². The third-order valence-electron chi connectivity index (χ3n) is 4.49. The van der Waals surface area contributed by atoms with Crippen LogP contribution in [0.1, 0.15) is 57.4 Å². The molecule has 0 spiro atoms. The summed E-state index contributed by atoms with van der Waals surface area (Å²) in [4.78, 5) is 16.3. The molecule has 0 unspecified atom stereocenters. The van der Waals surface area contributed by atoms with Crippen LogP contribution in [0.5, 0.6) is 0 Å². The van der Waals surface area contributed by atoms with Crippen molar-refractivity contribution in [3.63, 3.8) is 0 Å². The highest BCUT2D eigenvalue weighted by atomic mass is 35.5. The first-order valence-electron chi connectivity index (χ1n) is 7.81. The first kappa shape index (κ1) is 15.5. The van der Waals surface area contributed by atoms with Crippen molar-refractivity contribution in [2.45, 2.75) is 58.3 Å². The predicted molar refractivity (Wildman–Crippen MR) is 82.9 cm³/mol. The predicted octanol–water partition coefficient (Wildman–Crippen LogP) is 4.84. The van der Waals surface area contributed by atoms with Gasteiger partial charge in [0.15, 0.2) is 0 Å². The summed E-state index contributed by atoms with van der Waals surface area (Å²) in [6.45, 7) is 2.24. The van der Waals surface area contributed by atoms with Gasteiger partial charge in [-0.2, -0.15) is 0 Å². The lowest BCUT2D eigenvalue weighted by molar-refractivity contribution is -0.123. The van der Waals surface area contributed by atoms with E-state index in [1.54, 1.807) is 12.4 Å². The minimum atomic E-state index is 0.247. The van der Waals surface area contributed by atoms with Gasteiger partial charge < -0.3 is 0 Å². The average Bonchev–Trinajstić information content (AvgIpc) is 2.48. The molecule has 1 aliphatic rings. The van der Waals surface area contributed by atoms with Gasteiger partial charge in [0.1, 0.15) is 5.78 Å². The molecule has 0 saturated heterocycles. The minimum Gasteiger partial charge on any atom is -0.299 e. The molecular formula is C17H24ClNO. The molecular weight excluding hydrogens is 270 g/mol. The van der Waals surface area contributed by atoms with Gasteiger partial charge >= 0.3 is 0 Å². The summed E-state index contributed by atoms with van der Waals surface area (Å²) in [5.74, 6) is 1.45. The summed E-state index contributed by atoms with van der Waals surface area (Å²) < 4.78 is 0. The van der Waals surface area contributed by atoms with Crippen molar-refractivity contribution in [1.29, 1.82) is 0 Å². The van der Waals surface area contributed by atoms with Crippen molar-refractivity contribution in [2.75, 3.05) is 0 Å². The van der Waals surface area contributed by atoms with E-state index in [2.05, 4.69) is 11.9 Å². The van der Waals surface area contributed by atoms with Crippen LogP contribution < -0.4 is 0 Å². The van der Waals surface area contributed by atoms with Gasteiger partial charge in [-0.15, -0.1) is 0 Å². The molecule has 0 amide bonds. The maximum Gasteiger partial charge on any atom is 0.140 e. The lowest BCUT2D eigenvalue weighted by Crippen LogP contribution is -2.23. The molecule has 1 aliphatic carbocycles. The van der Waals surface area contributed by atoms with Crippen LogP contribution in [-0.2, 0) is 11.2 Å². The summed E-state index contributed by atoms with van der Waals surface area (Å²) >= 11 is 6.07. The topological polar surface area (TPSA) is 30.0 Å². The van der Waals surface area contributed by atoms with E-state index in [1.165, 1.54) is 32.1 Å². The number of rotatable bonds is 6. The summed E-state index contributed by atoms with van der Waals surface area (Å²) in [6, 6.07) is 1.85. The zero-order chi connectivity index (χ0) is 14.4. The van der Waals surface area contributed by atoms with Gasteiger partial charge in [-0.3, -0.25) is 9.78 Å². The van der Waals surface area contributed by atoms with E-state index in [0.29, 0.717) is 17.2 Å². The number of carbonyl (C=O) groups excluding carboxylic acids is 1. The number of ketones is 1. The van der Waals surface area contributed by atoms with Gasteiger partial charge in [0.25, 0.3) is 0 Å². The van der Waals surface area contributed by atoms with Crippen molar-refractivity contribution in [2.24, 2.45) is 11.8 Å². The van der Waals surface area contributed by atoms with Gasteiger partial charge in [-0.25, -0.2) is 0 Å². The Bertz CT molecular complexity index is 438. The Morgan fingerprint density at radius 3 is 2.75 bits per heavy atom. The average molecular weight is 294 g/mol. The molecule has 0 bridgehead atoms. The maximum absolute atomic E-state index is 12.4. The largest absolute Gasteiger partial charge is 0.299 e. The van der Waals surface area contributed by atoms with E-state index >= 15 is 0 Å². The molecule has 3 heteroatoms. The van der Waals surface area contributed by atoms with Crippen LogP contribution in [-0.4, -0.2) is 10.8 Å². The number of halogens is 1. The number of hydrogen-bond donors (Lipinski definition) is 0. The number of unbranched alkanes of at least 4 members (excludes halogenated alkanes) is 1. The fraction of sp³-hybridized carbons (Fsp3) is 0.647. The molecule has 0 aromatic carbocycles. The molecule has 0 atom stereocenters. The van der Waals surface area contributed by atoms with Gasteiger partial charge in [-0.05, 0) is 43.2 Å². The van der Waals surface area contributed by atoms with Crippen molar-refractivity contribution in [1.82, 2.24) is 4.98 Å². The van der Waals surface area contributed by atoms with Crippen LogP contribution in [0.4, 0.5) is 0 Å². The normalized spacial score (nSPS) is 22.7. The van der Waals surface area contributed by atoms with E-state index in [-0.39, 0.29) is 5.92 Å². The van der Waals surface area contributed by atoms with Crippen LogP contribution in [0, 0.1) is 11.8 Å². The molecule has 1 aromatic heterocycles. The molecule has 0 aliphatic heterocycles. The number of Topliss-reactive ketones (excluding diaryl/α,β-unsaturated/α-hetero) is 1. The highest BCUT2D eigenvalue weighted by Crippen LogP contribution is 2.33. The highest BCUT2D eigenvalue weighted by Gasteiger charge is 2.26. The first-order valence-corrected chi connectivity index (χ1v) is 8.19. The van der Waals surface area contributed by atoms with Crippen LogP contribution in [0.15, 0.2) is 18.5 Å². The van der Waals surface area contributed by atoms with Gasteiger partial charge in [0.2, 0.25) is 0 Å². The third kappa shape index (κ3) is 4.31. The Balaban J connectivity index is 1.82. The third-order valence-corrected chi connectivity index (χ3v) is 4.83. The van der Waals surface area contributed by atoms with Crippen LogP contribution in [0.25, 0.3) is 0 Å². The quantitative estimate of drug-likeness (QED) is 0.751. The number of hydrogen-bond acceptors (Lipinski definition) is 2. The van der Waals surface area contributed by atoms with E-state index in [4.69, 9.17) is 11.6 Å². The first-order chi connectivity index (χ1) is 9.70. The molecule has 1 heterocycles. The summed E-state index contributed by atoms with van der Waals surface area (Å²) in [6.07, 6.45) is 12.3. The molecule has 0 N–H and O–H groups in total. The van der Waals surface area contributed by atoms with Gasteiger partial charge in [-0.1, -0.05) is 37.8 Å². The molecule has 20 heavy (non-hydrogen) atoms. The van der Waals surface area contributed by atoms with E-state index in [9.17, 15) is 4.79 Å². The smallest absolute Gasteiger partial charge is 0.140 e. The Morgan fingerprint density at radius 1 is 1.35 bits per heavy atom. The molecule has 2 nitrogen and oxygen atoms in total. The monoisotopic (exact) mass is 293 g/mol. The second-order valence-electron chi connectivity index (χ2n) is 5.97. The lowest BCUT2D eigenvalue weighted by atomic mass is 9.77. The summed E-state index contributed by atoms with van der Waals surface area (Å²) in [5, 5.41) is 0.609. The van der Waals surface area contributed by atoms with Crippen molar-refractivity contribution in [3.8, 4) is 0 Å². The fourth-order valence-electron chi connectivity index (χ4n) is 3.15. The second kappa shape index (κ2) is 7.78. The number of nitrogens with zero attached hydrogens (tertiary/aromatic N) is 1. The molecule has 0 radical (unpaired) electrons. The molecule has 1 aromatic rings. The zero-order valence-corrected chi connectivity index (χ0v) is 13.0. The standard InChI is InChI=1S/C17H24ClNO/c1-2-3-4-13-5-7-14(8-6-13)17(20)11-15-9-10-19-12-16(15)18/h9-10,12-14H,2-8,11H2,1H3. The van der Waals surface area contributed by atoms with E-state index < -0.39 is 0 Å². The SMILES string of the molecule is CCCCC1CCC(C(=O)Cc2ccncc2Cl)CC1. The van der Waals surface area contributed by atoms with Crippen molar-refractivity contribution in [3.05, 3.63) is 29.0 Å². The number of aromatic nitrogens is 1. The minimum absolute atomic E-state index is 0.247. The lowest BCUT2D eigenvalue weighted by Gasteiger charge is -2.27. The van der Waals surface area contributed by atoms with Crippen molar-refractivity contribution < 1.29 is 4.79 Å². The van der Waals surface area contributed by atoms with Gasteiger partial charge in [0, 0.05) is 24.7 Å². The zero-order valence-electron chi connectivity index (χ0n) is 12.3. The summed E-state index contributed by atoms with van der Waals surface area (Å²) in [7, 11) is 0. The second-order valence-corrected chi connectivity index (χ2v) is 6.38.